The van der Waals surface area contributed by atoms with Gasteiger partial charge in [0.15, 0.2) is 5.65 Å². The minimum absolute atomic E-state index is 0.204. The Bertz CT molecular complexity index is 598. The summed E-state index contributed by atoms with van der Waals surface area (Å²) in [6.07, 6.45) is 0.736. The molecule has 2 N–H and O–H groups in total. The molecular weight excluding hydrogens is 246 g/mol. The molecule has 2 aromatic rings. The van der Waals surface area contributed by atoms with Crippen molar-refractivity contribution in [3.8, 4) is 0 Å². The molecule has 7 heteroatoms. The fraction of sp³-hybridized carbons (Fsp3) is 0.583. The second kappa shape index (κ2) is 5.94. The Morgan fingerprint density at radius 3 is 3.05 bits per heavy atom. The van der Waals surface area contributed by atoms with Crippen LogP contribution in [0.3, 0.4) is 0 Å². The van der Waals surface area contributed by atoms with Gasteiger partial charge in [0.05, 0.1) is 6.61 Å². The number of nitrogens with one attached hydrogen (secondary N) is 2. The lowest BCUT2D eigenvalue weighted by Gasteiger charge is -2.16. The maximum Gasteiger partial charge on any atom is 0.349 e. The van der Waals surface area contributed by atoms with Crippen molar-refractivity contribution in [2.45, 2.75) is 26.3 Å². The number of aromatic amines is 1. The SMILES string of the molecule is CCNC(COC)Cc1cc2n[nH]c(=O)n2c(C)n1. The quantitative estimate of drug-likeness (QED) is 0.761. The van der Waals surface area contributed by atoms with E-state index in [4.69, 9.17) is 4.74 Å². The Morgan fingerprint density at radius 1 is 1.58 bits per heavy atom. The molecule has 19 heavy (non-hydrogen) atoms. The van der Waals surface area contributed by atoms with Crippen molar-refractivity contribution < 1.29 is 4.74 Å². The van der Waals surface area contributed by atoms with Gasteiger partial charge >= 0.3 is 5.69 Å². The first-order valence-electron chi connectivity index (χ1n) is 6.31. The van der Waals surface area contributed by atoms with E-state index in [2.05, 4.69) is 27.4 Å². The number of likely N-dealkylation sites (N-methyl/N-ethyl adjacent to an activating group) is 1. The van der Waals surface area contributed by atoms with Crippen molar-refractivity contribution in [1.82, 2.24) is 24.9 Å². The van der Waals surface area contributed by atoms with Gasteiger partial charge in [0.25, 0.3) is 0 Å². The fourth-order valence-corrected chi connectivity index (χ4v) is 2.19. The van der Waals surface area contributed by atoms with Gasteiger partial charge in [-0.15, -0.1) is 0 Å². The summed E-state index contributed by atoms with van der Waals surface area (Å²) < 4.78 is 6.64. The zero-order valence-corrected chi connectivity index (χ0v) is 11.4. The molecule has 0 saturated carbocycles. The minimum Gasteiger partial charge on any atom is -0.383 e. The summed E-state index contributed by atoms with van der Waals surface area (Å²) in [4.78, 5) is 16.0. The van der Waals surface area contributed by atoms with E-state index in [0.29, 0.717) is 18.1 Å². The van der Waals surface area contributed by atoms with Gasteiger partial charge in [-0.05, 0) is 13.5 Å². The third-order valence-electron chi connectivity index (χ3n) is 2.94. The van der Waals surface area contributed by atoms with E-state index < -0.39 is 0 Å². The van der Waals surface area contributed by atoms with Crippen LogP contribution in [0.15, 0.2) is 10.9 Å². The lowest BCUT2D eigenvalue weighted by Crippen LogP contribution is -2.35. The Balaban J connectivity index is 2.27. The molecule has 0 amide bonds. The molecule has 1 unspecified atom stereocenters. The highest BCUT2D eigenvalue weighted by Crippen LogP contribution is 2.06. The van der Waals surface area contributed by atoms with Crippen LogP contribution >= 0.6 is 0 Å². The van der Waals surface area contributed by atoms with E-state index in [0.717, 1.165) is 18.7 Å². The summed E-state index contributed by atoms with van der Waals surface area (Å²) in [6.45, 7) is 5.34. The molecule has 104 valence electrons. The molecule has 0 aromatic carbocycles. The molecule has 2 rings (SSSR count). The second-order valence-electron chi connectivity index (χ2n) is 4.43. The van der Waals surface area contributed by atoms with Crippen LogP contribution in [0.5, 0.6) is 0 Å². The van der Waals surface area contributed by atoms with Gasteiger partial charge in [-0.2, -0.15) is 5.10 Å². The van der Waals surface area contributed by atoms with Crippen LogP contribution in [0.2, 0.25) is 0 Å². The molecule has 2 aromatic heterocycles. The molecule has 0 bridgehead atoms. The minimum atomic E-state index is -0.258. The predicted octanol–water partition coefficient (Wildman–Crippen LogP) is -0.107. The summed E-state index contributed by atoms with van der Waals surface area (Å²) in [6, 6.07) is 2.03. The van der Waals surface area contributed by atoms with E-state index >= 15 is 0 Å². The number of H-pyrrole nitrogens is 1. The van der Waals surface area contributed by atoms with Crippen molar-refractivity contribution in [1.29, 1.82) is 0 Å². The van der Waals surface area contributed by atoms with E-state index in [1.165, 1.54) is 4.40 Å². The molecule has 0 fully saturated rings. The predicted molar refractivity (Wildman–Crippen MR) is 71.4 cm³/mol. The van der Waals surface area contributed by atoms with Gasteiger partial charge in [-0.25, -0.2) is 19.3 Å². The lowest BCUT2D eigenvalue weighted by atomic mass is 10.1. The summed E-state index contributed by atoms with van der Waals surface area (Å²) in [5.74, 6) is 0.638. The Kier molecular flexibility index (Phi) is 4.28. The molecule has 0 spiro atoms. The number of aryl methyl sites for hydroxylation is 1. The molecule has 2 heterocycles. The number of ether oxygens (including phenoxy) is 1. The molecule has 7 nitrogen and oxygen atoms in total. The second-order valence-corrected chi connectivity index (χ2v) is 4.43. The summed E-state index contributed by atoms with van der Waals surface area (Å²) >= 11 is 0. The third-order valence-corrected chi connectivity index (χ3v) is 2.94. The maximum absolute atomic E-state index is 11.5. The molecular formula is C12H19N5O2. The highest BCUT2D eigenvalue weighted by atomic mass is 16.5. The van der Waals surface area contributed by atoms with Crippen molar-refractivity contribution in [2.75, 3.05) is 20.3 Å². The molecule has 0 radical (unpaired) electrons. The molecule has 0 aliphatic heterocycles. The molecule has 0 aliphatic carbocycles. The molecule has 1 atom stereocenters. The van der Waals surface area contributed by atoms with Gasteiger partial charge in [0, 0.05) is 31.3 Å². The lowest BCUT2D eigenvalue weighted by molar-refractivity contribution is 0.166. The summed E-state index contributed by atoms with van der Waals surface area (Å²) in [5, 5.41) is 9.74. The average molecular weight is 265 g/mol. The van der Waals surface area contributed by atoms with Gasteiger partial charge in [-0.3, -0.25) is 0 Å². The van der Waals surface area contributed by atoms with Crippen LogP contribution in [0.4, 0.5) is 0 Å². The normalized spacial score (nSPS) is 13.0. The Labute approximate surface area is 111 Å². The number of fused-ring (bicyclic) bond motifs is 1. The summed E-state index contributed by atoms with van der Waals surface area (Å²) in [7, 11) is 1.68. The molecule has 0 saturated heterocycles. The van der Waals surface area contributed by atoms with Gasteiger partial charge in [0.2, 0.25) is 0 Å². The number of nitrogens with zero attached hydrogens (tertiary/aromatic N) is 3. The van der Waals surface area contributed by atoms with Crippen LogP contribution in [0.25, 0.3) is 5.65 Å². The first-order valence-corrected chi connectivity index (χ1v) is 6.31. The van der Waals surface area contributed by atoms with Gasteiger partial charge in [0.1, 0.15) is 5.82 Å². The highest BCUT2D eigenvalue weighted by Gasteiger charge is 2.12. The third kappa shape index (κ3) is 2.99. The monoisotopic (exact) mass is 265 g/mol. The van der Waals surface area contributed by atoms with Crippen molar-refractivity contribution in [2.24, 2.45) is 0 Å². The largest absolute Gasteiger partial charge is 0.383 e. The fourth-order valence-electron chi connectivity index (χ4n) is 2.19. The van der Waals surface area contributed by atoms with Crippen LogP contribution in [-0.4, -0.2) is 45.9 Å². The van der Waals surface area contributed by atoms with E-state index in [9.17, 15) is 4.79 Å². The van der Waals surface area contributed by atoms with E-state index in [-0.39, 0.29) is 11.7 Å². The smallest absolute Gasteiger partial charge is 0.349 e. The van der Waals surface area contributed by atoms with E-state index in [1.807, 2.05) is 6.07 Å². The van der Waals surface area contributed by atoms with Crippen LogP contribution in [-0.2, 0) is 11.2 Å². The van der Waals surface area contributed by atoms with Gasteiger partial charge in [-0.1, -0.05) is 6.92 Å². The number of aromatic nitrogens is 4. The molecule has 0 aliphatic rings. The van der Waals surface area contributed by atoms with E-state index in [1.54, 1.807) is 14.0 Å². The van der Waals surface area contributed by atoms with Crippen LogP contribution in [0, 0.1) is 6.92 Å². The van der Waals surface area contributed by atoms with Crippen molar-refractivity contribution in [3.05, 3.63) is 28.1 Å². The maximum atomic E-state index is 11.5. The van der Waals surface area contributed by atoms with Gasteiger partial charge < -0.3 is 10.1 Å². The zero-order valence-electron chi connectivity index (χ0n) is 11.4. The number of hydrogen-bond donors (Lipinski definition) is 2. The average Bonchev–Trinajstić information content (AvgIpc) is 2.72. The number of methoxy groups -OCH3 is 1. The van der Waals surface area contributed by atoms with Crippen LogP contribution in [0.1, 0.15) is 18.4 Å². The Hall–Kier alpha value is -1.73. The van der Waals surface area contributed by atoms with Crippen LogP contribution < -0.4 is 11.0 Å². The highest BCUT2D eigenvalue weighted by molar-refractivity contribution is 5.38. The Morgan fingerprint density at radius 2 is 2.37 bits per heavy atom. The topological polar surface area (TPSA) is 84.3 Å². The number of hydrogen-bond acceptors (Lipinski definition) is 5. The summed E-state index contributed by atoms with van der Waals surface area (Å²) in [5.41, 5.74) is 1.24. The van der Waals surface area contributed by atoms with Crippen molar-refractivity contribution >= 4 is 5.65 Å². The standard InChI is InChI=1S/C12H19N5O2/c1-4-13-10(7-19-3)5-9-6-11-15-16-12(18)17(11)8(2)14-9/h6,10,13H,4-5,7H2,1-3H3,(H,16,18). The number of rotatable bonds is 6. The van der Waals surface area contributed by atoms with Crippen molar-refractivity contribution in [3.63, 3.8) is 0 Å². The first kappa shape index (κ1) is 13.7. The zero-order chi connectivity index (χ0) is 13.8. The first-order chi connectivity index (χ1) is 9.15.